The standard InChI is InChI=1S/C24H13ClFN5O3S/c25-17-11-13(7-8-19(17)34-23(33)15-5-1-2-6-18(15)26)10-16-20(27)31-24(29-21(16)32)35-22(30-31)14-4-3-9-28-12-14/h1-12,27H/b16-10-,27-20?. The lowest BCUT2D eigenvalue weighted by molar-refractivity contribution is -0.114. The lowest BCUT2D eigenvalue weighted by Crippen LogP contribution is -2.35. The Morgan fingerprint density at radius 1 is 1.17 bits per heavy atom. The van der Waals surface area contributed by atoms with Crippen LogP contribution in [0, 0.1) is 11.2 Å². The van der Waals surface area contributed by atoms with Gasteiger partial charge in [0.2, 0.25) is 5.17 Å². The van der Waals surface area contributed by atoms with Crippen LogP contribution in [0.4, 0.5) is 4.39 Å². The Hall–Kier alpha value is -4.15. The quantitative estimate of drug-likeness (QED) is 0.311. The van der Waals surface area contributed by atoms with E-state index >= 15 is 0 Å². The monoisotopic (exact) mass is 505 g/mol. The first kappa shape index (κ1) is 22.6. The van der Waals surface area contributed by atoms with Crippen molar-refractivity contribution in [2.75, 3.05) is 0 Å². The summed E-state index contributed by atoms with van der Waals surface area (Å²) in [6, 6.07) is 13.4. The highest BCUT2D eigenvalue weighted by molar-refractivity contribution is 8.27. The number of rotatable bonds is 4. The van der Waals surface area contributed by atoms with E-state index in [-0.39, 0.29) is 32.9 Å². The number of hydrogen-bond donors (Lipinski definition) is 1. The Bertz CT molecular complexity index is 1490. The SMILES string of the molecule is N=C1/C(=C/c2ccc(OC(=O)c3ccccc3F)c(Cl)c2)C(=O)N=C2SC(c3cccnc3)=NN12. The van der Waals surface area contributed by atoms with Crippen molar-refractivity contribution in [1.82, 2.24) is 9.99 Å². The maximum Gasteiger partial charge on any atom is 0.346 e. The molecule has 35 heavy (non-hydrogen) atoms. The Balaban J connectivity index is 1.38. The summed E-state index contributed by atoms with van der Waals surface area (Å²) in [7, 11) is 0. The van der Waals surface area contributed by atoms with Crippen LogP contribution in [0.2, 0.25) is 5.02 Å². The molecular weight excluding hydrogens is 493 g/mol. The zero-order valence-corrected chi connectivity index (χ0v) is 19.2. The summed E-state index contributed by atoms with van der Waals surface area (Å²) in [6.45, 7) is 0. The molecule has 0 saturated heterocycles. The fourth-order valence-electron chi connectivity index (χ4n) is 3.24. The number of ether oxygens (including phenoxy) is 1. The third-order valence-corrected chi connectivity index (χ3v) is 6.18. The van der Waals surface area contributed by atoms with Gasteiger partial charge < -0.3 is 4.74 Å². The van der Waals surface area contributed by atoms with E-state index < -0.39 is 17.7 Å². The van der Waals surface area contributed by atoms with E-state index in [0.717, 1.165) is 11.6 Å². The minimum absolute atomic E-state index is 0.0118. The van der Waals surface area contributed by atoms with Crippen LogP contribution in [0.25, 0.3) is 6.08 Å². The van der Waals surface area contributed by atoms with Gasteiger partial charge in [0.05, 0.1) is 16.2 Å². The van der Waals surface area contributed by atoms with Gasteiger partial charge in [-0.05, 0) is 59.8 Å². The van der Waals surface area contributed by atoms with Crippen molar-refractivity contribution in [2.45, 2.75) is 0 Å². The first-order valence-electron chi connectivity index (χ1n) is 10.1. The highest BCUT2D eigenvalue weighted by Gasteiger charge is 2.36. The minimum atomic E-state index is -0.893. The summed E-state index contributed by atoms with van der Waals surface area (Å²) in [4.78, 5) is 33.0. The number of aromatic nitrogens is 1. The second-order valence-electron chi connectivity index (χ2n) is 7.23. The summed E-state index contributed by atoms with van der Waals surface area (Å²) in [5.41, 5.74) is 1.00. The Morgan fingerprint density at radius 3 is 2.74 bits per heavy atom. The molecule has 0 unspecified atom stereocenters. The van der Waals surface area contributed by atoms with Crippen molar-refractivity contribution in [3.8, 4) is 5.75 Å². The average Bonchev–Trinajstić information content (AvgIpc) is 3.28. The van der Waals surface area contributed by atoms with E-state index in [0.29, 0.717) is 10.6 Å². The predicted octanol–water partition coefficient (Wildman–Crippen LogP) is 4.76. The molecule has 0 aliphatic carbocycles. The third kappa shape index (κ3) is 4.48. The lowest BCUT2D eigenvalue weighted by Gasteiger charge is -2.20. The van der Waals surface area contributed by atoms with E-state index in [9.17, 15) is 14.0 Å². The first-order valence-corrected chi connectivity index (χ1v) is 11.3. The van der Waals surface area contributed by atoms with E-state index in [1.165, 1.54) is 53.2 Å². The van der Waals surface area contributed by atoms with Gasteiger partial charge in [0.25, 0.3) is 5.91 Å². The molecule has 1 aromatic heterocycles. The smallest absolute Gasteiger partial charge is 0.346 e. The number of amidine groups is 2. The number of aliphatic imine (C=N–C) groups is 1. The second-order valence-corrected chi connectivity index (χ2v) is 8.59. The largest absolute Gasteiger partial charge is 0.421 e. The molecule has 0 spiro atoms. The molecule has 172 valence electrons. The van der Waals surface area contributed by atoms with Crippen LogP contribution in [-0.4, -0.2) is 37.9 Å². The molecule has 1 N–H and O–H groups in total. The topological polar surface area (TPSA) is 108 Å². The van der Waals surface area contributed by atoms with E-state index in [1.54, 1.807) is 24.5 Å². The van der Waals surface area contributed by atoms with Gasteiger partial charge in [0.15, 0.2) is 5.84 Å². The summed E-state index contributed by atoms with van der Waals surface area (Å²) in [5, 5.41) is 15.1. The fraction of sp³-hybridized carbons (Fsp3) is 0. The Kier molecular flexibility index (Phi) is 5.98. The van der Waals surface area contributed by atoms with E-state index in [4.69, 9.17) is 21.7 Å². The van der Waals surface area contributed by atoms with Crippen molar-refractivity contribution < 1.29 is 18.7 Å². The van der Waals surface area contributed by atoms with Crippen LogP contribution in [0.1, 0.15) is 21.5 Å². The van der Waals surface area contributed by atoms with Crippen LogP contribution < -0.4 is 4.74 Å². The number of nitrogens with one attached hydrogen (secondary N) is 1. The maximum atomic E-state index is 13.8. The first-order chi connectivity index (χ1) is 16.9. The van der Waals surface area contributed by atoms with Crippen molar-refractivity contribution >= 4 is 57.4 Å². The average molecular weight is 506 g/mol. The van der Waals surface area contributed by atoms with Gasteiger partial charge in [-0.3, -0.25) is 15.2 Å². The Morgan fingerprint density at radius 2 is 2.00 bits per heavy atom. The number of amides is 1. The highest BCUT2D eigenvalue weighted by atomic mass is 35.5. The number of benzene rings is 2. The summed E-state index contributed by atoms with van der Waals surface area (Å²) < 4.78 is 19.0. The zero-order chi connectivity index (χ0) is 24.5. The Labute approximate surface area is 207 Å². The molecule has 3 aromatic rings. The van der Waals surface area contributed by atoms with Crippen molar-refractivity contribution in [3.63, 3.8) is 0 Å². The molecule has 2 aliphatic heterocycles. The van der Waals surface area contributed by atoms with Crippen LogP contribution in [0.5, 0.6) is 5.75 Å². The minimum Gasteiger partial charge on any atom is -0.421 e. The molecule has 2 aromatic carbocycles. The number of halogens is 2. The zero-order valence-electron chi connectivity index (χ0n) is 17.6. The molecule has 8 nitrogen and oxygen atoms in total. The molecule has 11 heteroatoms. The molecule has 0 radical (unpaired) electrons. The highest BCUT2D eigenvalue weighted by Crippen LogP contribution is 2.32. The molecule has 0 bridgehead atoms. The molecule has 0 fully saturated rings. The number of esters is 1. The predicted molar refractivity (Wildman–Crippen MR) is 131 cm³/mol. The molecule has 0 saturated carbocycles. The number of hydrazone groups is 1. The van der Waals surface area contributed by atoms with Gasteiger partial charge in [-0.25, -0.2) is 9.18 Å². The number of hydrogen-bond acceptors (Lipinski definition) is 7. The molecule has 3 heterocycles. The van der Waals surface area contributed by atoms with Gasteiger partial charge in [-0.15, -0.1) is 0 Å². The normalized spacial score (nSPS) is 16.2. The summed E-state index contributed by atoms with van der Waals surface area (Å²) in [6.07, 6.45) is 4.72. The van der Waals surface area contributed by atoms with Gasteiger partial charge in [0, 0.05) is 18.0 Å². The number of nitrogens with zero attached hydrogens (tertiary/aromatic N) is 4. The molecular formula is C24H13ClFN5O3S. The second kappa shape index (κ2) is 9.24. The number of carbonyl (C=O) groups is 2. The fourth-order valence-corrected chi connectivity index (χ4v) is 4.34. The number of carbonyl (C=O) groups excluding carboxylic acids is 2. The number of pyridine rings is 1. The number of fused-ring (bicyclic) bond motifs is 1. The number of thioether (sulfide) groups is 1. The van der Waals surface area contributed by atoms with E-state index in [2.05, 4.69) is 15.1 Å². The molecule has 1 amide bonds. The van der Waals surface area contributed by atoms with Crippen LogP contribution in [-0.2, 0) is 4.79 Å². The van der Waals surface area contributed by atoms with Crippen LogP contribution in [0.15, 0.2) is 82.7 Å². The van der Waals surface area contributed by atoms with Gasteiger partial charge in [-0.1, -0.05) is 29.8 Å². The van der Waals surface area contributed by atoms with Gasteiger partial charge in [-0.2, -0.15) is 15.1 Å². The third-order valence-electron chi connectivity index (χ3n) is 4.93. The lowest BCUT2D eigenvalue weighted by atomic mass is 10.1. The van der Waals surface area contributed by atoms with Crippen molar-refractivity contribution in [1.29, 1.82) is 5.41 Å². The van der Waals surface area contributed by atoms with Gasteiger partial charge in [0.1, 0.15) is 16.6 Å². The summed E-state index contributed by atoms with van der Waals surface area (Å²) >= 11 is 7.43. The van der Waals surface area contributed by atoms with Gasteiger partial charge >= 0.3 is 5.97 Å². The van der Waals surface area contributed by atoms with Crippen molar-refractivity contribution in [3.05, 3.63) is 100 Å². The maximum absolute atomic E-state index is 13.8. The molecule has 5 rings (SSSR count). The summed E-state index contributed by atoms with van der Waals surface area (Å²) in [5.74, 6) is -2.32. The van der Waals surface area contributed by atoms with Crippen LogP contribution >= 0.6 is 23.4 Å². The molecule has 2 aliphatic rings. The molecule has 0 atom stereocenters. The van der Waals surface area contributed by atoms with E-state index in [1.807, 2.05) is 6.07 Å². The van der Waals surface area contributed by atoms with Crippen LogP contribution in [0.3, 0.4) is 0 Å². The van der Waals surface area contributed by atoms with Crippen molar-refractivity contribution in [2.24, 2.45) is 10.1 Å².